The normalized spacial score (nSPS) is 17.0. The summed E-state index contributed by atoms with van der Waals surface area (Å²) in [6, 6.07) is 3.33. The van der Waals surface area contributed by atoms with Crippen LogP contribution in [-0.4, -0.2) is 18.6 Å². The fourth-order valence-corrected chi connectivity index (χ4v) is 3.47. The summed E-state index contributed by atoms with van der Waals surface area (Å²) < 4.78 is 11.3. The Kier molecular flexibility index (Phi) is 6.11. The maximum Gasteiger partial charge on any atom is 0.180 e. The molecule has 0 saturated carbocycles. The lowest BCUT2D eigenvalue weighted by Gasteiger charge is -2.19. The molecule has 0 bridgehead atoms. The molecule has 1 heterocycles. The summed E-state index contributed by atoms with van der Waals surface area (Å²) in [5.41, 5.74) is 1.49. The third kappa shape index (κ3) is 4.83. The predicted octanol–water partition coefficient (Wildman–Crippen LogP) is 6.11. The van der Waals surface area contributed by atoms with Crippen molar-refractivity contribution in [3.05, 3.63) is 70.2 Å². The number of nitrogens with zero attached hydrogens (tertiary/aromatic N) is 1. The quantitative estimate of drug-likeness (QED) is 0.577. The van der Waals surface area contributed by atoms with Crippen LogP contribution in [-0.2, 0) is 0 Å². The van der Waals surface area contributed by atoms with Crippen molar-refractivity contribution >= 4 is 23.2 Å². The van der Waals surface area contributed by atoms with Crippen LogP contribution in [0.25, 0.3) is 0 Å². The SMILES string of the molecule is COc1c(Cl)cc(Cl)cc1OC1=CC=CN(CC2=CCCCC2)C=C1. The van der Waals surface area contributed by atoms with E-state index in [-0.39, 0.29) is 0 Å². The lowest BCUT2D eigenvalue weighted by atomic mass is 9.99. The maximum atomic E-state index is 6.16. The average molecular weight is 378 g/mol. The van der Waals surface area contributed by atoms with Crippen molar-refractivity contribution in [2.75, 3.05) is 13.7 Å². The second kappa shape index (κ2) is 8.50. The van der Waals surface area contributed by atoms with Gasteiger partial charge in [-0.05, 0) is 50.0 Å². The second-order valence-corrected chi connectivity index (χ2v) is 6.87. The molecule has 3 nitrogen and oxygen atoms in total. The van der Waals surface area contributed by atoms with E-state index in [2.05, 4.69) is 11.0 Å². The zero-order valence-corrected chi connectivity index (χ0v) is 15.7. The van der Waals surface area contributed by atoms with Gasteiger partial charge < -0.3 is 14.4 Å². The van der Waals surface area contributed by atoms with Crippen LogP contribution in [0, 0.1) is 0 Å². The minimum atomic E-state index is 0.421. The fraction of sp³-hybridized carbons (Fsp3) is 0.300. The zero-order valence-electron chi connectivity index (χ0n) is 14.2. The summed E-state index contributed by atoms with van der Waals surface area (Å²) in [7, 11) is 1.55. The lowest BCUT2D eigenvalue weighted by molar-refractivity contribution is 0.367. The summed E-state index contributed by atoms with van der Waals surface area (Å²) in [4.78, 5) is 2.16. The Bertz CT molecular complexity index is 750. The maximum absolute atomic E-state index is 6.16. The molecule has 3 rings (SSSR count). The van der Waals surface area contributed by atoms with Crippen LogP contribution < -0.4 is 9.47 Å². The van der Waals surface area contributed by atoms with Crippen LogP contribution in [0.5, 0.6) is 11.5 Å². The molecule has 25 heavy (non-hydrogen) atoms. The van der Waals surface area contributed by atoms with Gasteiger partial charge >= 0.3 is 0 Å². The number of halogens is 2. The highest BCUT2D eigenvalue weighted by Crippen LogP contribution is 2.38. The molecule has 1 aliphatic carbocycles. The molecular formula is C20H21Cl2NO2. The van der Waals surface area contributed by atoms with Crippen LogP contribution in [0.2, 0.25) is 10.0 Å². The van der Waals surface area contributed by atoms with Gasteiger partial charge in [0.15, 0.2) is 11.5 Å². The lowest BCUT2D eigenvalue weighted by Crippen LogP contribution is -2.14. The number of allylic oxidation sites excluding steroid dienone is 4. The molecule has 0 N–H and O–H groups in total. The Morgan fingerprint density at radius 3 is 2.80 bits per heavy atom. The number of rotatable bonds is 5. The largest absolute Gasteiger partial charge is 0.491 e. The van der Waals surface area contributed by atoms with Crippen LogP contribution in [0.15, 0.2) is 60.2 Å². The molecular weight excluding hydrogens is 357 g/mol. The van der Waals surface area contributed by atoms with Gasteiger partial charge in [0.2, 0.25) is 0 Å². The number of hydrogen-bond donors (Lipinski definition) is 0. The average Bonchev–Trinajstić information content (AvgIpc) is 2.81. The van der Waals surface area contributed by atoms with Crippen LogP contribution in [0.3, 0.4) is 0 Å². The van der Waals surface area contributed by atoms with E-state index in [0.717, 1.165) is 6.54 Å². The van der Waals surface area contributed by atoms with E-state index in [1.54, 1.807) is 19.2 Å². The first-order chi connectivity index (χ1) is 12.2. The molecule has 0 spiro atoms. The molecule has 0 amide bonds. The number of methoxy groups -OCH3 is 1. The molecule has 0 atom stereocenters. The number of benzene rings is 1. The highest BCUT2D eigenvalue weighted by molar-refractivity contribution is 6.35. The Hall–Kier alpha value is -1.84. The summed E-state index contributed by atoms with van der Waals surface area (Å²) >= 11 is 12.2. The van der Waals surface area contributed by atoms with Gasteiger partial charge in [-0.1, -0.05) is 34.9 Å². The van der Waals surface area contributed by atoms with E-state index < -0.39 is 0 Å². The van der Waals surface area contributed by atoms with E-state index in [4.69, 9.17) is 32.7 Å². The van der Waals surface area contributed by atoms with Gasteiger partial charge in [-0.15, -0.1) is 0 Å². The molecule has 0 aromatic heterocycles. The summed E-state index contributed by atoms with van der Waals surface area (Å²) in [5.74, 6) is 1.65. The summed E-state index contributed by atoms with van der Waals surface area (Å²) in [5, 5.41) is 0.921. The van der Waals surface area contributed by atoms with E-state index in [9.17, 15) is 0 Å². The van der Waals surface area contributed by atoms with Crippen molar-refractivity contribution in [2.24, 2.45) is 0 Å². The van der Waals surface area contributed by atoms with Crippen LogP contribution >= 0.6 is 23.2 Å². The topological polar surface area (TPSA) is 21.7 Å². The summed E-state index contributed by atoms with van der Waals surface area (Å²) in [6.07, 6.45) is 17.2. The van der Waals surface area contributed by atoms with Gasteiger partial charge in [-0.2, -0.15) is 0 Å². The van der Waals surface area contributed by atoms with Gasteiger partial charge in [0.25, 0.3) is 0 Å². The molecule has 0 fully saturated rings. The highest BCUT2D eigenvalue weighted by atomic mass is 35.5. The second-order valence-electron chi connectivity index (χ2n) is 6.03. The van der Waals surface area contributed by atoms with Crippen LogP contribution in [0.4, 0.5) is 0 Å². The van der Waals surface area contributed by atoms with Gasteiger partial charge in [-0.25, -0.2) is 0 Å². The molecule has 5 heteroatoms. The Morgan fingerprint density at radius 1 is 1.16 bits per heavy atom. The fourth-order valence-electron chi connectivity index (χ4n) is 2.92. The van der Waals surface area contributed by atoms with Crippen molar-refractivity contribution < 1.29 is 9.47 Å². The van der Waals surface area contributed by atoms with E-state index in [1.165, 1.54) is 31.3 Å². The number of hydrogen-bond acceptors (Lipinski definition) is 3. The first-order valence-electron chi connectivity index (χ1n) is 8.37. The van der Waals surface area contributed by atoms with Crippen molar-refractivity contribution in [3.63, 3.8) is 0 Å². The molecule has 2 aliphatic rings. The van der Waals surface area contributed by atoms with Gasteiger partial charge in [0, 0.05) is 30.0 Å². The standard InChI is InChI=1S/C20H21Cl2NO2/c1-24-20-18(22)12-16(21)13-19(20)25-17-8-5-10-23(11-9-17)14-15-6-3-2-4-7-15/h5-6,8-13H,2-4,7,14H2,1H3. The smallest absolute Gasteiger partial charge is 0.180 e. The summed E-state index contributed by atoms with van der Waals surface area (Å²) in [6.45, 7) is 0.917. The van der Waals surface area contributed by atoms with Crippen molar-refractivity contribution in [1.82, 2.24) is 4.90 Å². The monoisotopic (exact) mass is 377 g/mol. The third-order valence-corrected chi connectivity index (χ3v) is 4.64. The molecule has 132 valence electrons. The van der Waals surface area contributed by atoms with Crippen molar-refractivity contribution in [1.29, 1.82) is 0 Å². The minimum absolute atomic E-state index is 0.421. The molecule has 1 aliphatic heterocycles. The van der Waals surface area contributed by atoms with E-state index in [1.807, 2.05) is 30.6 Å². The highest BCUT2D eigenvalue weighted by Gasteiger charge is 2.13. The molecule has 1 aromatic rings. The third-order valence-electron chi connectivity index (χ3n) is 4.15. The Labute approximate surface area is 158 Å². The number of ether oxygens (including phenoxy) is 2. The van der Waals surface area contributed by atoms with Crippen molar-refractivity contribution in [2.45, 2.75) is 25.7 Å². The predicted molar refractivity (Wildman–Crippen MR) is 103 cm³/mol. The van der Waals surface area contributed by atoms with E-state index >= 15 is 0 Å². The van der Waals surface area contributed by atoms with Crippen LogP contribution in [0.1, 0.15) is 25.7 Å². The Morgan fingerprint density at radius 2 is 2.04 bits per heavy atom. The van der Waals surface area contributed by atoms with Gasteiger partial charge in [0.05, 0.1) is 12.1 Å². The molecule has 0 unspecified atom stereocenters. The van der Waals surface area contributed by atoms with Crippen molar-refractivity contribution in [3.8, 4) is 11.5 Å². The minimum Gasteiger partial charge on any atom is -0.491 e. The first kappa shape index (κ1) is 18.0. The van der Waals surface area contributed by atoms with Gasteiger partial charge in [0.1, 0.15) is 5.76 Å². The molecule has 0 radical (unpaired) electrons. The molecule has 1 aromatic carbocycles. The van der Waals surface area contributed by atoms with Gasteiger partial charge in [-0.3, -0.25) is 0 Å². The molecule has 0 saturated heterocycles. The first-order valence-corrected chi connectivity index (χ1v) is 9.12. The Balaban J connectivity index is 1.71. The van der Waals surface area contributed by atoms with E-state index in [0.29, 0.717) is 27.3 Å². The zero-order chi connectivity index (χ0) is 17.6.